The maximum Gasteiger partial charge on any atom is 0.255 e. The van der Waals surface area contributed by atoms with E-state index in [0.717, 1.165) is 61.2 Å². The van der Waals surface area contributed by atoms with Gasteiger partial charge in [-0.3, -0.25) is 9.59 Å². The highest BCUT2D eigenvalue weighted by atomic mass is 16.5. The van der Waals surface area contributed by atoms with Crippen molar-refractivity contribution in [3.8, 4) is 5.75 Å². The van der Waals surface area contributed by atoms with Crippen LogP contribution < -0.4 is 15.8 Å². The van der Waals surface area contributed by atoms with E-state index in [1.807, 2.05) is 17.0 Å². The molecule has 2 aromatic rings. The molecule has 2 unspecified atom stereocenters. The van der Waals surface area contributed by atoms with Crippen LogP contribution in [0.25, 0.3) is 0 Å². The summed E-state index contributed by atoms with van der Waals surface area (Å²) < 4.78 is 11.7. The number of nitrogens with two attached hydrogens (primary N) is 1. The number of hydrogen-bond acceptors (Lipinski definition) is 5. The zero-order chi connectivity index (χ0) is 28.5. The Morgan fingerprint density at radius 1 is 1.12 bits per heavy atom. The Labute approximate surface area is 239 Å². The number of hydrogen-bond donors (Lipinski definition) is 2. The lowest BCUT2D eigenvalue weighted by molar-refractivity contribution is -0.954. The van der Waals surface area contributed by atoms with Crippen molar-refractivity contribution in [1.82, 2.24) is 4.90 Å². The Kier molecular flexibility index (Phi) is 10.6. The molecule has 8 nitrogen and oxygen atoms in total. The maximum absolute atomic E-state index is 13.0. The van der Waals surface area contributed by atoms with Crippen LogP contribution in [0.1, 0.15) is 55.5 Å². The number of methoxy groups -OCH3 is 1. The molecule has 2 atom stereocenters. The molecule has 4 rings (SSSR count). The monoisotopic (exact) mass is 551 g/mol. The number of benzene rings is 2. The summed E-state index contributed by atoms with van der Waals surface area (Å²) in [6, 6.07) is 15.3. The van der Waals surface area contributed by atoms with E-state index in [1.165, 1.54) is 12.0 Å². The van der Waals surface area contributed by atoms with E-state index in [2.05, 4.69) is 31.3 Å². The van der Waals surface area contributed by atoms with Gasteiger partial charge in [0.15, 0.2) is 0 Å². The van der Waals surface area contributed by atoms with Crippen LogP contribution in [-0.2, 0) is 16.0 Å². The fourth-order valence-electron chi connectivity index (χ4n) is 6.27. The molecule has 40 heavy (non-hydrogen) atoms. The Morgan fingerprint density at radius 2 is 1.82 bits per heavy atom. The zero-order valence-electron chi connectivity index (χ0n) is 24.4. The molecule has 0 spiro atoms. The SMILES string of the molecule is CCCC[N+]1(C(C)Cc2cccc(NC(=O)c3ccc(OC)cc3)c2)CCC(C(N)C(=O)N2CCOCC2)CC1. The van der Waals surface area contributed by atoms with E-state index in [0.29, 0.717) is 37.9 Å². The van der Waals surface area contributed by atoms with Crippen molar-refractivity contribution in [3.63, 3.8) is 0 Å². The molecule has 8 heteroatoms. The number of nitrogens with zero attached hydrogens (tertiary/aromatic N) is 2. The molecule has 0 bridgehead atoms. The number of likely N-dealkylation sites (tertiary alicyclic amines) is 1. The van der Waals surface area contributed by atoms with E-state index >= 15 is 0 Å². The van der Waals surface area contributed by atoms with Crippen molar-refractivity contribution in [1.29, 1.82) is 0 Å². The van der Waals surface area contributed by atoms with Gasteiger partial charge >= 0.3 is 0 Å². The van der Waals surface area contributed by atoms with Gasteiger partial charge in [-0.1, -0.05) is 25.5 Å². The first kappa shape index (κ1) is 30.0. The van der Waals surface area contributed by atoms with Crippen molar-refractivity contribution in [2.75, 3.05) is 58.4 Å². The highest BCUT2D eigenvalue weighted by Gasteiger charge is 2.41. The van der Waals surface area contributed by atoms with Crippen LogP contribution in [-0.4, -0.2) is 86.3 Å². The second-order valence-electron chi connectivity index (χ2n) is 11.5. The van der Waals surface area contributed by atoms with Crippen LogP contribution in [0.3, 0.4) is 0 Å². The second-order valence-corrected chi connectivity index (χ2v) is 11.5. The zero-order valence-corrected chi connectivity index (χ0v) is 24.4. The summed E-state index contributed by atoms with van der Waals surface area (Å²) in [4.78, 5) is 27.7. The number of quaternary nitrogens is 1. The predicted molar refractivity (Wildman–Crippen MR) is 158 cm³/mol. The first-order valence-electron chi connectivity index (χ1n) is 14.9. The van der Waals surface area contributed by atoms with Gasteiger partial charge in [0.05, 0.1) is 52.0 Å². The summed E-state index contributed by atoms with van der Waals surface area (Å²) in [5.41, 5.74) is 9.16. The lowest BCUT2D eigenvalue weighted by atomic mass is 9.86. The number of carbonyl (C=O) groups is 2. The molecule has 218 valence electrons. The molecule has 2 aliphatic rings. The molecule has 2 fully saturated rings. The van der Waals surface area contributed by atoms with E-state index in [1.54, 1.807) is 31.4 Å². The van der Waals surface area contributed by atoms with Gasteiger partial charge in [-0.25, -0.2) is 0 Å². The molecular weight excluding hydrogens is 504 g/mol. The fraction of sp³-hybridized carbons (Fsp3) is 0.562. The molecule has 0 radical (unpaired) electrons. The lowest BCUT2D eigenvalue weighted by Crippen LogP contribution is -2.61. The van der Waals surface area contributed by atoms with Crippen LogP contribution >= 0.6 is 0 Å². The van der Waals surface area contributed by atoms with Gasteiger partial charge in [-0.15, -0.1) is 0 Å². The third-order valence-electron chi connectivity index (χ3n) is 8.97. The number of rotatable bonds is 11. The quantitative estimate of drug-likeness (QED) is 0.411. The molecule has 2 amide bonds. The standard InChI is InChI=1S/C32H46N4O4/c1-4-5-17-36(18-13-26(14-19-36)30(33)32(38)35-15-20-40-21-16-35)24(2)22-25-7-6-8-28(23-25)34-31(37)27-9-11-29(39-3)12-10-27/h6-12,23-24,26,30H,4-5,13-22,33H2,1-3H3/p+1. The lowest BCUT2D eigenvalue weighted by Gasteiger charge is -2.49. The van der Waals surface area contributed by atoms with Crippen LogP contribution in [0, 0.1) is 5.92 Å². The van der Waals surface area contributed by atoms with Crippen molar-refractivity contribution in [2.24, 2.45) is 11.7 Å². The van der Waals surface area contributed by atoms with E-state index in [9.17, 15) is 9.59 Å². The molecule has 0 aromatic heterocycles. The summed E-state index contributed by atoms with van der Waals surface area (Å²) in [5, 5.41) is 3.05. The molecule has 0 saturated carbocycles. The number of carbonyl (C=O) groups excluding carboxylic acids is 2. The third-order valence-corrected chi connectivity index (χ3v) is 8.97. The van der Waals surface area contributed by atoms with Crippen molar-refractivity contribution in [2.45, 2.75) is 58.0 Å². The smallest absolute Gasteiger partial charge is 0.255 e. The predicted octanol–water partition coefficient (Wildman–Crippen LogP) is 4.09. The summed E-state index contributed by atoms with van der Waals surface area (Å²) in [7, 11) is 1.61. The van der Waals surface area contributed by atoms with Gasteiger partial charge in [-0.2, -0.15) is 0 Å². The number of amides is 2. The van der Waals surface area contributed by atoms with Crippen molar-refractivity contribution < 1.29 is 23.5 Å². The van der Waals surface area contributed by atoms with Crippen LogP contribution in [0.15, 0.2) is 48.5 Å². The molecule has 2 aliphatic heterocycles. The van der Waals surface area contributed by atoms with Crippen LogP contribution in [0.5, 0.6) is 5.75 Å². The number of nitrogens with one attached hydrogen (secondary N) is 1. The van der Waals surface area contributed by atoms with Crippen molar-refractivity contribution in [3.05, 3.63) is 59.7 Å². The van der Waals surface area contributed by atoms with Gasteiger partial charge in [-0.05, 0) is 61.2 Å². The van der Waals surface area contributed by atoms with Gasteiger partial charge in [0.2, 0.25) is 5.91 Å². The van der Waals surface area contributed by atoms with Gasteiger partial charge in [0.25, 0.3) is 5.91 Å². The second kappa shape index (κ2) is 14.1. The normalized spacial score (nSPS) is 22.8. The number of ether oxygens (including phenoxy) is 2. The Bertz CT molecular complexity index is 1110. The average molecular weight is 552 g/mol. The summed E-state index contributed by atoms with van der Waals surface area (Å²) in [6.45, 7) is 10.3. The minimum atomic E-state index is -0.423. The van der Waals surface area contributed by atoms with Gasteiger partial charge < -0.3 is 29.9 Å². The Hall–Kier alpha value is -2.94. The van der Waals surface area contributed by atoms with E-state index in [-0.39, 0.29) is 17.7 Å². The van der Waals surface area contributed by atoms with Crippen LogP contribution in [0.4, 0.5) is 5.69 Å². The van der Waals surface area contributed by atoms with E-state index < -0.39 is 6.04 Å². The molecule has 2 saturated heterocycles. The minimum absolute atomic E-state index is 0.0865. The fourth-order valence-corrected chi connectivity index (χ4v) is 6.27. The molecular formula is C32H47N4O4+. The number of unbranched alkanes of at least 4 members (excludes halogenated alkanes) is 1. The summed E-state index contributed by atoms with van der Waals surface area (Å²) in [5.74, 6) is 0.905. The van der Waals surface area contributed by atoms with Crippen LogP contribution in [0.2, 0.25) is 0 Å². The molecule has 0 aliphatic carbocycles. The van der Waals surface area contributed by atoms with E-state index in [4.69, 9.17) is 15.2 Å². The average Bonchev–Trinajstić information content (AvgIpc) is 3.00. The topological polar surface area (TPSA) is 93.9 Å². The molecule has 2 heterocycles. The number of anilines is 1. The van der Waals surface area contributed by atoms with Gasteiger partial charge in [0, 0.05) is 43.6 Å². The first-order valence-corrected chi connectivity index (χ1v) is 14.9. The highest BCUT2D eigenvalue weighted by molar-refractivity contribution is 6.04. The Balaban J connectivity index is 1.38. The highest BCUT2D eigenvalue weighted by Crippen LogP contribution is 2.31. The summed E-state index contributed by atoms with van der Waals surface area (Å²) in [6.07, 6.45) is 5.23. The first-order chi connectivity index (χ1) is 19.3. The summed E-state index contributed by atoms with van der Waals surface area (Å²) >= 11 is 0. The number of morpholine rings is 1. The third kappa shape index (κ3) is 7.42. The maximum atomic E-state index is 13.0. The minimum Gasteiger partial charge on any atom is -0.497 e. The van der Waals surface area contributed by atoms with Gasteiger partial charge in [0.1, 0.15) is 5.75 Å². The van der Waals surface area contributed by atoms with Crippen molar-refractivity contribution >= 4 is 17.5 Å². The Morgan fingerprint density at radius 3 is 2.48 bits per heavy atom. The molecule has 3 N–H and O–H groups in total. The number of piperidine rings is 1. The molecule has 2 aromatic carbocycles. The largest absolute Gasteiger partial charge is 0.497 e.